The number of hydrogen-bond donors (Lipinski definition) is 1. The lowest BCUT2D eigenvalue weighted by Crippen LogP contribution is -2.66. The molecule has 12 nitrogen and oxygen atoms in total. The number of esters is 5. The Kier molecular flexibility index (Phi) is 15.5. The zero-order chi connectivity index (χ0) is 39.8. The van der Waals surface area contributed by atoms with Crippen molar-refractivity contribution in [2.24, 2.45) is 21.7 Å². The van der Waals surface area contributed by atoms with Gasteiger partial charge in [-0.25, -0.2) is 4.79 Å². The van der Waals surface area contributed by atoms with Gasteiger partial charge in [0.2, 0.25) is 0 Å². The molecule has 52 heavy (non-hydrogen) atoms. The predicted molar refractivity (Wildman–Crippen MR) is 195 cm³/mol. The fourth-order valence-corrected chi connectivity index (χ4v) is 4.67. The highest BCUT2D eigenvalue weighted by atomic mass is 35.5. The summed E-state index contributed by atoms with van der Waals surface area (Å²) in [5, 5.41) is 3.87. The third-order valence-electron chi connectivity index (χ3n) is 7.74. The molecular weight excluding hydrogens is 694 g/mol. The lowest BCUT2D eigenvalue weighted by Gasteiger charge is -2.47. The molecule has 0 unspecified atom stereocenters. The topological polar surface area (TPSA) is 153 Å². The fraction of sp³-hybridized carbons (Fsp3) is 0.667. The highest BCUT2D eigenvalue weighted by Gasteiger charge is 2.55. The van der Waals surface area contributed by atoms with Crippen LogP contribution in [0.1, 0.15) is 108 Å². The Balaban J connectivity index is 2.81. The third-order valence-corrected chi connectivity index (χ3v) is 7.99. The summed E-state index contributed by atoms with van der Waals surface area (Å²) in [4.78, 5) is 65.9. The van der Waals surface area contributed by atoms with Crippen molar-refractivity contribution in [2.45, 2.75) is 133 Å². The summed E-state index contributed by atoms with van der Waals surface area (Å²) in [5.74, 6) is -3.03. The monoisotopic (exact) mass is 751 g/mol. The molecule has 1 aromatic rings. The summed E-state index contributed by atoms with van der Waals surface area (Å²) in [6.45, 7) is 21.5. The average Bonchev–Trinajstić information content (AvgIpc) is 3.00. The summed E-state index contributed by atoms with van der Waals surface area (Å²) < 4.78 is 35.6. The number of hydrogen-bond acceptors (Lipinski definition) is 12. The van der Waals surface area contributed by atoms with Crippen LogP contribution in [-0.4, -0.2) is 73.7 Å². The van der Waals surface area contributed by atoms with Crippen molar-refractivity contribution in [3.63, 3.8) is 0 Å². The summed E-state index contributed by atoms with van der Waals surface area (Å²) in [6.07, 6.45) is -3.46. The normalized spacial score (nSPS) is 21.9. The van der Waals surface area contributed by atoms with E-state index in [-0.39, 0.29) is 13.0 Å². The highest BCUT2D eigenvalue weighted by Crippen LogP contribution is 2.35. The molecule has 1 fully saturated rings. The van der Waals surface area contributed by atoms with E-state index in [0.717, 1.165) is 5.56 Å². The number of ether oxygens (including phenoxy) is 6. The van der Waals surface area contributed by atoms with Gasteiger partial charge >= 0.3 is 29.8 Å². The van der Waals surface area contributed by atoms with Gasteiger partial charge in [-0.15, -0.1) is 0 Å². The molecule has 0 spiro atoms. The van der Waals surface area contributed by atoms with Crippen molar-refractivity contribution < 1.29 is 52.4 Å². The van der Waals surface area contributed by atoms with Gasteiger partial charge in [0.25, 0.3) is 0 Å². The van der Waals surface area contributed by atoms with Gasteiger partial charge in [0, 0.05) is 17.1 Å². The first-order valence-electron chi connectivity index (χ1n) is 17.6. The Hall–Kier alpha value is -3.48. The van der Waals surface area contributed by atoms with Crippen LogP contribution in [0.3, 0.4) is 0 Å². The van der Waals surface area contributed by atoms with Crippen LogP contribution in [0.5, 0.6) is 0 Å². The predicted octanol–water partition coefficient (Wildman–Crippen LogP) is 6.67. The Morgan fingerprint density at radius 3 is 1.63 bits per heavy atom. The van der Waals surface area contributed by atoms with E-state index in [0.29, 0.717) is 5.02 Å². The van der Waals surface area contributed by atoms with Gasteiger partial charge in [-0.2, -0.15) is 0 Å². The molecule has 6 atom stereocenters. The van der Waals surface area contributed by atoms with E-state index in [1.54, 1.807) is 120 Å². The molecule has 0 aliphatic carbocycles. The smallest absolute Gasteiger partial charge is 0.330 e. The minimum Gasteiger partial charge on any atom is -0.463 e. The van der Waals surface area contributed by atoms with Crippen molar-refractivity contribution in [1.82, 2.24) is 5.32 Å². The van der Waals surface area contributed by atoms with E-state index >= 15 is 0 Å². The van der Waals surface area contributed by atoms with E-state index < -0.39 is 94.8 Å². The van der Waals surface area contributed by atoms with Crippen LogP contribution < -0.4 is 5.32 Å². The van der Waals surface area contributed by atoms with Crippen LogP contribution >= 0.6 is 11.6 Å². The van der Waals surface area contributed by atoms with E-state index in [1.807, 2.05) is 0 Å². The molecule has 0 saturated carbocycles. The Morgan fingerprint density at radius 2 is 1.17 bits per heavy atom. The quantitative estimate of drug-likeness (QED) is 0.138. The largest absolute Gasteiger partial charge is 0.463 e. The number of rotatable bonds is 12. The van der Waals surface area contributed by atoms with Crippen LogP contribution in [0.25, 0.3) is 0 Å². The average molecular weight is 752 g/mol. The molecule has 1 aliphatic heterocycles. The van der Waals surface area contributed by atoms with Gasteiger partial charge in [-0.1, -0.05) is 29.8 Å². The lowest BCUT2D eigenvalue weighted by atomic mass is 9.92. The number of benzene rings is 1. The molecule has 1 aromatic carbocycles. The first-order chi connectivity index (χ1) is 23.7. The Morgan fingerprint density at radius 1 is 0.712 bits per heavy atom. The van der Waals surface area contributed by atoms with Crippen molar-refractivity contribution >= 4 is 41.4 Å². The van der Waals surface area contributed by atoms with Crippen LogP contribution in [-0.2, 0) is 52.4 Å². The molecule has 0 aromatic heterocycles. The van der Waals surface area contributed by atoms with E-state index in [9.17, 15) is 24.0 Å². The van der Waals surface area contributed by atoms with E-state index in [1.165, 1.54) is 6.08 Å². The van der Waals surface area contributed by atoms with Crippen LogP contribution in [0.2, 0.25) is 5.02 Å². The van der Waals surface area contributed by atoms with Crippen molar-refractivity contribution in [3.05, 3.63) is 47.0 Å². The van der Waals surface area contributed by atoms with Gasteiger partial charge < -0.3 is 28.4 Å². The number of halogens is 1. The van der Waals surface area contributed by atoms with E-state index in [2.05, 4.69) is 5.32 Å². The zero-order valence-electron chi connectivity index (χ0n) is 32.9. The van der Waals surface area contributed by atoms with E-state index in [4.69, 9.17) is 40.0 Å². The molecule has 1 aliphatic rings. The molecule has 0 amide bonds. The lowest BCUT2D eigenvalue weighted by molar-refractivity contribution is -0.266. The van der Waals surface area contributed by atoms with Gasteiger partial charge in [-0.05, 0) is 114 Å². The molecule has 1 heterocycles. The second kappa shape index (κ2) is 18.0. The van der Waals surface area contributed by atoms with Gasteiger partial charge in [-0.3, -0.25) is 24.5 Å². The molecule has 13 heteroatoms. The molecular formula is C39H58ClNO11. The van der Waals surface area contributed by atoms with Crippen molar-refractivity contribution in [2.75, 3.05) is 13.2 Å². The Bertz CT molecular complexity index is 1430. The maximum Gasteiger partial charge on any atom is 0.330 e. The number of carbonyl (C=O) groups excluding carboxylic acids is 5. The minimum absolute atomic E-state index is 0.204. The standard InChI is InChI=1S/C39H58ClNO11/c1-14-47-27(42)17-15-16-25(23-18-20-24(40)21-19-23)41-31-30(52-35(46)39(11,12)13)29(51-34(45)38(8,9)10)28(50-33(44)37(5,6)7)26(49-31)22-48-32(43)36(2,3)4/h15,17-21,25-26,28-31,41H,14,16,22H2,1-13H3/b17-15+/t25-,26+,28-,29-,30+,31+/m0/s1. The fourth-order valence-electron chi connectivity index (χ4n) is 4.55. The summed E-state index contributed by atoms with van der Waals surface area (Å²) in [6, 6.07) is 6.36. The molecule has 2 rings (SSSR count). The van der Waals surface area contributed by atoms with Crippen molar-refractivity contribution in [3.8, 4) is 0 Å². The summed E-state index contributed by atoms with van der Waals surface area (Å²) in [5.41, 5.74) is -3.17. The number of carbonyl (C=O) groups is 5. The maximum atomic E-state index is 13.6. The summed E-state index contributed by atoms with van der Waals surface area (Å²) >= 11 is 6.21. The highest BCUT2D eigenvalue weighted by molar-refractivity contribution is 6.30. The minimum atomic E-state index is -1.42. The van der Waals surface area contributed by atoms with Crippen LogP contribution in [0, 0.1) is 21.7 Å². The molecule has 1 N–H and O–H groups in total. The first-order valence-corrected chi connectivity index (χ1v) is 17.9. The first kappa shape index (κ1) is 44.7. The van der Waals surface area contributed by atoms with Crippen molar-refractivity contribution in [1.29, 1.82) is 0 Å². The zero-order valence-corrected chi connectivity index (χ0v) is 33.7. The second-order valence-electron chi connectivity index (χ2n) is 17.0. The Labute approximate surface area is 313 Å². The van der Waals surface area contributed by atoms with Gasteiger partial charge in [0.05, 0.1) is 28.3 Å². The third kappa shape index (κ3) is 13.5. The number of nitrogens with one attached hydrogen (secondary N) is 1. The molecule has 292 valence electrons. The molecule has 0 bridgehead atoms. The van der Waals surface area contributed by atoms with Crippen LogP contribution in [0.4, 0.5) is 0 Å². The summed E-state index contributed by atoms with van der Waals surface area (Å²) in [7, 11) is 0. The second-order valence-corrected chi connectivity index (χ2v) is 17.4. The SMILES string of the molecule is CCOC(=O)/C=C/C[C@H](N[C@@H]1O[C@H](COC(=O)C(C)(C)C)[C@H](OC(=O)C(C)(C)C)[C@H](OC(=O)C(C)(C)C)[C@H]1OC(=O)C(C)(C)C)c1ccc(Cl)cc1. The van der Waals surface area contributed by atoms with Crippen LogP contribution in [0.15, 0.2) is 36.4 Å². The molecule has 1 saturated heterocycles. The van der Waals surface area contributed by atoms with Gasteiger partial charge in [0.1, 0.15) is 12.7 Å². The van der Waals surface area contributed by atoms with Gasteiger partial charge in [0.15, 0.2) is 24.5 Å². The molecule has 0 radical (unpaired) electrons. The maximum absolute atomic E-state index is 13.6.